The van der Waals surface area contributed by atoms with Crippen molar-refractivity contribution in [1.29, 1.82) is 0 Å². The summed E-state index contributed by atoms with van der Waals surface area (Å²) in [4.78, 5) is 0. The van der Waals surface area contributed by atoms with Crippen LogP contribution in [0, 0.1) is 14.9 Å². The second-order valence-corrected chi connectivity index (χ2v) is 21.7. The molecule has 0 aliphatic rings. The first-order chi connectivity index (χ1) is 24.6. The maximum atomic E-state index is 2.53. The maximum Gasteiger partial charge on any atom is 4.00 e. The van der Waals surface area contributed by atoms with Crippen molar-refractivity contribution >= 4 is 40.0 Å². The molecule has 2 heteroatoms. The molecule has 0 aliphatic heterocycles. The van der Waals surface area contributed by atoms with Crippen LogP contribution in [-0.4, -0.2) is 8.07 Å². The van der Waals surface area contributed by atoms with Crippen molar-refractivity contribution in [3.8, 4) is 44.5 Å². The fraction of sp³-hybridized carbons (Fsp3) is 0.154. The minimum Gasteiger partial charge on any atom is -0.358 e. The molecule has 8 rings (SSSR count). The first kappa shape index (κ1) is 40.8. The molecule has 0 aliphatic carbocycles. The van der Waals surface area contributed by atoms with E-state index >= 15 is 0 Å². The van der Waals surface area contributed by atoms with E-state index in [0.29, 0.717) is 0 Å². The summed E-state index contributed by atoms with van der Waals surface area (Å²) in [5.41, 5.74) is 10.3. The quantitative estimate of drug-likeness (QED) is 0.115. The van der Waals surface area contributed by atoms with Gasteiger partial charge in [-0.3, -0.25) is 0 Å². The predicted molar refractivity (Wildman–Crippen MR) is 238 cm³/mol. The molecule has 0 spiro atoms. The smallest absolute Gasteiger partial charge is 0.358 e. The van der Waals surface area contributed by atoms with Gasteiger partial charge in [-0.2, -0.15) is 0 Å². The van der Waals surface area contributed by atoms with Gasteiger partial charge < -0.3 is 14.9 Å². The van der Waals surface area contributed by atoms with Crippen LogP contribution in [-0.2, 0) is 25.8 Å². The van der Waals surface area contributed by atoms with Crippen LogP contribution in [0.5, 0.6) is 0 Å². The molecule has 8 aromatic rings. The second-order valence-electron chi connectivity index (χ2n) is 16.2. The van der Waals surface area contributed by atoms with E-state index in [1.165, 1.54) is 66.1 Å². The van der Waals surface area contributed by atoms with Crippen molar-refractivity contribution in [3.05, 3.63) is 185 Å². The summed E-state index contributed by atoms with van der Waals surface area (Å²) in [6.45, 7) is 15.2. The van der Waals surface area contributed by atoms with Gasteiger partial charge in [0.15, 0.2) is 0 Å². The number of hydrogen-bond acceptors (Lipinski definition) is 0. The van der Waals surface area contributed by atoms with Gasteiger partial charge in [0.2, 0.25) is 0 Å². The van der Waals surface area contributed by atoms with Crippen LogP contribution in [0.4, 0.5) is 0 Å². The summed E-state index contributed by atoms with van der Waals surface area (Å²) in [6.07, 6.45) is 0. The average molecular weight is 884 g/mol. The van der Waals surface area contributed by atoms with Crippen molar-refractivity contribution in [3.63, 3.8) is 0 Å². The molecule has 0 unspecified atom stereocenters. The van der Waals surface area contributed by atoms with E-state index in [4.69, 9.17) is 0 Å². The molecular weight excluding hydrogens is 831 g/mol. The van der Waals surface area contributed by atoms with Gasteiger partial charge >= 0.3 is 25.8 Å². The van der Waals surface area contributed by atoms with Gasteiger partial charge in [-0.05, 0) is 32.3 Å². The third-order valence-corrected chi connectivity index (χ3v) is 18.3. The fourth-order valence-corrected chi connectivity index (χ4v) is 17.4. The van der Waals surface area contributed by atoms with Crippen LogP contribution >= 0.6 is 0 Å². The zero-order chi connectivity index (χ0) is 35.4. The molecule has 54 heavy (non-hydrogen) atoms. The van der Waals surface area contributed by atoms with E-state index in [9.17, 15) is 0 Å². The monoisotopic (exact) mass is 884 g/mol. The van der Waals surface area contributed by atoms with Crippen LogP contribution in [0.15, 0.2) is 170 Å². The third kappa shape index (κ3) is 6.77. The van der Waals surface area contributed by atoms with E-state index in [1.54, 1.807) is 10.4 Å². The van der Waals surface area contributed by atoms with Gasteiger partial charge in [0.25, 0.3) is 0 Å². The Kier molecular flexibility index (Phi) is 11.9. The fourth-order valence-electron chi connectivity index (χ4n) is 9.41. The van der Waals surface area contributed by atoms with E-state index in [0.717, 1.165) is 0 Å². The van der Waals surface area contributed by atoms with E-state index in [2.05, 4.69) is 211 Å². The Morgan fingerprint density at radius 2 is 0.630 bits per heavy atom. The van der Waals surface area contributed by atoms with Crippen molar-refractivity contribution in [2.75, 3.05) is 0 Å². The molecule has 0 N–H and O–H groups in total. The number of hydrogen-bond donors (Lipinski definition) is 0. The van der Waals surface area contributed by atoms with E-state index < -0.39 is 8.07 Å². The summed E-state index contributed by atoms with van der Waals surface area (Å²) >= 11 is 0. The molecule has 0 saturated carbocycles. The topological polar surface area (TPSA) is 0 Å². The second kappa shape index (κ2) is 15.8. The van der Waals surface area contributed by atoms with Crippen molar-refractivity contribution in [2.24, 2.45) is 0 Å². The van der Waals surface area contributed by atoms with Crippen molar-refractivity contribution in [1.82, 2.24) is 0 Å². The van der Waals surface area contributed by atoms with Gasteiger partial charge in [-0.1, -0.05) is 198 Å². The summed E-state index contributed by atoms with van der Waals surface area (Å²) in [7, 11) is -2.79. The Balaban J connectivity index is 0.00000187. The number of fused-ring (bicyclic) bond motifs is 2. The molecule has 0 radical (unpaired) electrons. The third-order valence-electron chi connectivity index (χ3n) is 11.2. The summed E-state index contributed by atoms with van der Waals surface area (Å²) < 4.78 is 0. The van der Waals surface area contributed by atoms with Gasteiger partial charge in [-0.25, -0.2) is 0 Å². The maximum absolute atomic E-state index is 2.79. The molecule has 0 heterocycles. The van der Waals surface area contributed by atoms with Gasteiger partial charge in [0.1, 0.15) is 0 Å². The minimum atomic E-state index is -2.79. The molecule has 8 aromatic carbocycles. The van der Waals surface area contributed by atoms with E-state index in [-0.39, 0.29) is 50.8 Å². The molecule has 0 atom stereocenters. The van der Waals surface area contributed by atoms with Crippen molar-refractivity contribution in [2.45, 2.75) is 51.6 Å². The Labute approximate surface area is 344 Å². The zero-order valence-electron chi connectivity index (χ0n) is 33.2. The summed E-state index contributed by atoms with van der Waals surface area (Å²) in [5.74, 6) is 0. The van der Waals surface area contributed by atoms with Crippen LogP contribution in [0.1, 0.15) is 41.5 Å². The van der Waals surface area contributed by atoms with Crippen LogP contribution in [0.3, 0.4) is 0 Å². The normalized spacial score (nSPS) is 11.8. The van der Waals surface area contributed by atoms with Gasteiger partial charge in [-0.15, -0.1) is 67.3 Å². The number of benzene rings is 6. The molecule has 268 valence electrons. The van der Waals surface area contributed by atoms with Crippen LogP contribution < -0.4 is 10.4 Å². The molecular formula is C52H52HfSi. The Hall–Kier alpha value is -4.37. The summed E-state index contributed by atoms with van der Waals surface area (Å²) in [5, 5.41) is 8.47. The molecule has 0 aromatic heterocycles. The standard InChI is InChI=1S/C50H46Si.2CH3.Hf/c1-49(2,3)51(50(4,5)6,47-43-23-15-13-21-41(43)33-45(47)39-29-25-37(26-30-39)35-17-9-7-10-18-35)48-44-24-16-14-22-42(44)34-46(48)40-31-27-38(28-32-40)36-19-11-8-12-20-36;;;/h7-34H,1-6H3;2*1H3;/q-2;2*-1;+4. The largest absolute Gasteiger partial charge is 4.00 e. The molecule has 0 amide bonds. The molecule has 0 bridgehead atoms. The average Bonchev–Trinajstić information content (AvgIpc) is 3.72. The van der Waals surface area contributed by atoms with E-state index in [1.807, 2.05) is 0 Å². The van der Waals surface area contributed by atoms with Crippen LogP contribution in [0.25, 0.3) is 66.1 Å². The first-order valence-corrected chi connectivity index (χ1v) is 20.3. The van der Waals surface area contributed by atoms with Crippen molar-refractivity contribution < 1.29 is 25.8 Å². The Bertz CT molecular complexity index is 2270. The Morgan fingerprint density at radius 1 is 0.352 bits per heavy atom. The Morgan fingerprint density at radius 3 is 0.963 bits per heavy atom. The predicted octanol–water partition coefficient (Wildman–Crippen LogP) is 14.2. The molecule has 0 nitrogen and oxygen atoms in total. The van der Waals surface area contributed by atoms with Gasteiger partial charge in [0, 0.05) is 8.07 Å². The molecule has 0 saturated heterocycles. The molecule has 0 fully saturated rings. The first-order valence-electron chi connectivity index (χ1n) is 18.3. The number of rotatable bonds is 6. The summed E-state index contributed by atoms with van der Waals surface area (Å²) in [6, 6.07) is 63.4. The SMILES string of the molecule is CC(C)(C)[Si](c1c(-c2ccc(-c3ccccc3)cc2)[cH-]c2ccccc12)(c1c(-c2ccc(-c3ccccc3)cc2)[cH-]c2ccccc12)C(C)(C)C.[CH3-].[CH3-].[Hf+4]. The van der Waals surface area contributed by atoms with Gasteiger partial charge in [0.05, 0.1) is 0 Å². The zero-order valence-corrected chi connectivity index (χ0v) is 37.8. The van der Waals surface area contributed by atoms with Crippen LogP contribution in [0.2, 0.25) is 10.1 Å². The minimum absolute atomic E-state index is 0.